The minimum absolute atomic E-state index is 0.0371. The largest absolute Gasteiger partial charge is 0.353 e. The summed E-state index contributed by atoms with van der Waals surface area (Å²) in [6, 6.07) is 10.3. The van der Waals surface area contributed by atoms with E-state index in [9.17, 15) is 9.59 Å². The van der Waals surface area contributed by atoms with Crippen LogP contribution in [0.15, 0.2) is 30.3 Å². The first kappa shape index (κ1) is 14.9. The van der Waals surface area contributed by atoms with Gasteiger partial charge >= 0.3 is 6.03 Å². The molecular formula is C17H23N3O2. The van der Waals surface area contributed by atoms with E-state index in [1.165, 1.54) is 0 Å². The third-order valence-corrected chi connectivity index (χ3v) is 4.36. The summed E-state index contributed by atoms with van der Waals surface area (Å²) in [5.41, 5.74) is 1.09. The molecule has 0 radical (unpaired) electrons. The molecule has 3 rings (SSSR count). The van der Waals surface area contributed by atoms with E-state index < -0.39 is 0 Å². The van der Waals surface area contributed by atoms with E-state index in [1.807, 2.05) is 35.2 Å². The molecule has 0 atom stereocenters. The summed E-state index contributed by atoms with van der Waals surface area (Å²) >= 11 is 0. The highest BCUT2D eigenvalue weighted by molar-refractivity contribution is 5.80. The van der Waals surface area contributed by atoms with Crippen LogP contribution in [0.5, 0.6) is 0 Å². The van der Waals surface area contributed by atoms with Crippen LogP contribution in [0.3, 0.4) is 0 Å². The summed E-state index contributed by atoms with van der Waals surface area (Å²) in [5, 5.41) is 6.00. The molecule has 22 heavy (non-hydrogen) atoms. The number of urea groups is 1. The predicted molar refractivity (Wildman–Crippen MR) is 84.1 cm³/mol. The number of nitrogens with one attached hydrogen (secondary N) is 2. The lowest BCUT2D eigenvalue weighted by Crippen LogP contribution is -2.46. The van der Waals surface area contributed by atoms with E-state index in [4.69, 9.17) is 0 Å². The molecule has 0 aromatic heterocycles. The van der Waals surface area contributed by atoms with Crippen LogP contribution in [0, 0.1) is 5.92 Å². The van der Waals surface area contributed by atoms with E-state index >= 15 is 0 Å². The Morgan fingerprint density at radius 2 is 1.73 bits per heavy atom. The molecule has 5 heteroatoms. The van der Waals surface area contributed by atoms with E-state index in [1.54, 1.807) is 0 Å². The molecular weight excluding hydrogens is 278 g/mol. The summed E-state index contributed by atoms with van der Waals surface area (Å²) in [5.74, 6) is 0.241. The Morgan fingerprint density at radius 1 is 1.05 bits per heavy atom. The van der Waals surface area contributed by atoms with Crippen molar-refractivity contribution in [1.82, 2.24) is 15.5 Å². The number of piperidine rings is 1. The number of amides is 3. The molecule has 1 aromatic carbocycles. The van der Waals surface area contributed by atoms with E-state index in [2.05, 4.69) is 10.6 Å². The molecule has 2 N–H and O–H groups in total. The highest BCUT2D eigenvalue weighted by Gasteiger charge is 2.30. The fraction of sp³-hybridized carbons (Fsp3) is 0.529. The number of benzene rings is 1. The first-order valence-corrected chi connectivity index (χ1v) is 8.09. The Balaban J connectivity index is 1.40. The molecule has 1 heterocycles. The van der Waals surface area contributed by atoms with Crippen LogP contribution >= 0.6 is 0 Å². The minimum Gasteiger partial charge on any atom is -0.353 e. The lowest BCUT2D eigenvalue weighted by Gasteiger charge is -2.31. The quantitative estimate of drug-likeness (QED) is 0.892. The van der Waals surface area contributed by atoms with Gasteiger partial charge in [0.05, 0.1) is 0 Å². The van der Waals surface area contributed by atoms with Gasteiger partial charge in [0.2, 0.25) is 5.91 Å². The normalized spacial score (nSPS) is 18.8. The van der Waals surface area contributed by atoms with Gasteiger partial charge in [-0.3, -0.25) is 4.79 Å². The molecule has 0 unspecified atom stereocenters. The SMILES string of the molecule is O=C(NC1CC1)C1CCN(C(=O)NCc2ccccc2)CC1. The van der Waals surface area contributed by atoms with Crippen LogP contribution in [-0.2, 0) is 11.3 Å². The number of hydrogen-bond donors (Lipinski definition) is 2. The second kappa shape index (κ2) is 6.81. The molecule has 1 aliphatic heterocycles. The standard InChI is InChI=1S/C17H23N3O2/c21-16(19-15-6-7-15)14-8-10-20(11-9-14)17(22)18-12-13-4-2-1-3-5-13/h1-5,14-15H,6-12H2,(H,18,22)(H,19,21). The molecule has 0 spiro atoms. The average Bonchev–Trinajstić information content (AvgIpc) is 3.37. The fourth-order valence-electron chi connectivity index (χ4n) is 2.78. The van der Waals surface area contributed by atoms with Crippen LogP contribution in [-0.4, -0.2) is 36.0 Å². The number of likely N-dealkylation sites (tertiary alicyclic amines) is 1. The van der Waals surface area contributed by atoms with Crippen molar-refractivity contribution in [2.75, 3.05) is 13.1 Å². The van der Waals surface area contributed by atoms with Gasteiger partial charge in [-0.2, -0.15) is 0 Å². The topological polar surface area (TPSA) is 61.4 Å². The molecule has 0 bridgehead atoms. The van der Waals surface area contributed by atoms with Crippen molar-refractivity contribution >= 4 is 11.9 Å². The van der Waals surface area contributed by atoms with Gasteiger partial charge < -0.3 is 15.5 Å². The highest BCUT2D eigenvalue weighted by atomic mass is 16.2. The second-order valence-electron chi connectivity index (χ2n) is 6.19. The zero-order valence-corrected chi connectivity index (χ0v) is 12.8. The van der Waals surface area contributed by atoms with Gasteiger partial charge in [-0.05, 0) is 31.2 Å². The maximum atomic E-state index is 12.1. The van der Waals surface area contributed by atoms with Crippen molar-refractivity contribution in [3.8, 4) is 0 Å². The van der Waals surface area contributed by atoms with E-state index in [-0.39, 0.29) is 17.9 Å². The lowest BCUT2D eigenvalue weighted by molar-refractivity contribution is -0.126. The zero-order chi connectivity index (χ0) is 15.4. The van der Waals surface area contributed by atoms with Crippen LogP contribution in [0.4, 0.5) is 4.79 Å². The summed E-state index contributed by atoms with van der Waals surface area (Å²) in [4.78, 5) is 26.0. The van der Waals surface area contributed by atoms with Gasteiger partial charge in [0, 0.05) is 31.6 Å². The van der Waals surface area contributed by atoms with Gasteiger partial charge in [0.25, 0.3) is 0 Å². The number of nitrogens with zero attached hydrogens (tertiary/aromatic N) is 1. The van der Waals surface area contributed by atoms with Crippen molar-refractivity contribution in [3.05, 3.63) is 35.9 Å². The summed E-state index contributed by atoms with van der Waals surface area (Å²) < 4.78 is 0. The smallest absolute Gasteiger partial charge is 0.317 e. The second-order valence-corrected chi connectivity index (χ2v) is 6.19. The number of carbonyl (C=O) groups is 2. The molecule has 2 aliphatic rings. The van der Waals surface area contributed by atoms with Crippen LogP contribution in [0.2, 0.25) is 0 Å². The monoisotopic (exact) mass is 301 g/mol. The Morgan fingerprint density at radius 3 is 2.36 bits per heavy atom. The molecule has 1 saturated carbocycles. The van der Waals surface area contributed by atoms with Gasteiger partial charge in [0.15, 0.2) is 0 Å². The Hall–Kier alpha value is -2.04. The first-order valence-electron chi connectivity index (χ1n) is 8.09. The summed E-state index contributed by atoms with van der Waals surface area (Å²) in [6.45, 7) is 1.86. The Bertz CT molecular complexity index is 520. The molecule has 118 valence electrons. The molecule has 2 fully saturated rings. The van der Waals surface area contributed by atoms with E-state index in [0.717, 1.165) is 31.2 Å². The lowest BCUT2D eigenvalue weighted by atomic mass is 9.96. The zero-order valence-electron chi connectivity index (χ0n) is 12.8. The number of carbonyl (C=O) groups excluding carboxylic acids is 2. The molecule has 3 amide bonds. The Kier molecular flexibility index (Phi) is 4.61. The Labute approximate surface area is 131 Å². The van der Waals surface area contributed by atoms with Gasteiger partial charge in [-0.15, -0.1) is 0 Å². The van der Waals surface area contributed by atoms with Crippen molar-refractivity contribution in [3.63, 3.8) is 0 Å². The molecule has 1 aromatic rings. The minimum atomic E-state index is -0.0371. The fourth-order valence-corrected chi connectivity index (χ4v) is 2.78. The first-order chi connectivity index (χ1) is 10.7. The summed E-state index contributed by atoms with van der Waals surface area (Å²) in [7, 11) is 0. The van der Waals surface area contributed by atoms with Gasteiger partial charge in [0.1, 0.15) is 0 Å². The highest BCUT2D eigenvalue weighted by Crippen LogP contribution is 2.22. The van der Waals surface area contributed by atoms with Crippen molar-refractivity contribution in [1.29, 1.82) is 0 Å². The third kappa shape index (κ3) is 4.00. The third-order valence-electron chi connectivity index (χ3n) is 4.36. The summed E-state index contributed by atoms with van der Waals surface area (Å²) in [6.07, 6.45) is 3.76. The van der Waals surface area contributed by atoms with Crippen LogP contribution in [0.1, 0.15) is 31.2 Å². The molecule has 5 nitrogen and oxygen atoms in total. The van der Waals surface area contributed by atoms with E-state index in [0.29, 0.717) is 25.7 Å². The number of rotatable bonds is 4. The van der Waals surface area contributed by atoms with Crippen molar-refractivity contribution in [2.24, 2.45) is 5.92 Å². The van der Waals surface area contributed by atoms with Gasteiger partial charge in [-0.1, -0.05) is 30.3 Å². The number of hydrogen-bond acceptors (Lipinski definition) is 2. The average molecular weight is 301 g/mol. The van der Waals surface area contributed by atoms with Crippen molar-refractivity contribution < 1.29 is 9.59 Å². The predicted octanol–water partition coefficient (Wildman–Crippen LogP) is 1.89. The molecule has 1 saturated heterocycles. The maximum absolute atomic E-state index is 12.1. The van der Waals surface area contributed by atoms with Gasteiger partial charge in [-0.25, -0.2) is 4.79 Å². The maximum Gasteiger partial charge on any atom is 0.317 e. The van der Waals surface area contributed by atoms with Crippen LogP contribution in [0.25, 0.3) is 0 Å². The van der Waals surface area contributed by atoms with Crippen LogP contribution < -0.4 is 10.6 Å². The molecule has 1 aliphatic carbocycles. The van der Waals surface area contributed by atoms with Crippen molar-refractivity contribution in [2.45, 2.75) is 38.3 Å².